The lowest BCUT2D eigenvalue weighted by Gasteiger charge is -2.32. The second kappa shape index (κ2) is 4.94. The van der Waals surface area contributed by atoms with Crippen molar-refractivity contribution in [2.45, 2.75) is 46.5 Å². The minimum Gasteiger partial charge on any atom is -0.0796 e. The molecule has 102 valence electrons. The van der Waals surface area contributed by atoms with E-state index in [0.717, 1.165) is 6.42 Å². The van der Waals surface area contributed by atoms with Crippen LogP contribution in [0, 0.1) is 12.3 Å². The normalized spacial score (nSPS) is 23.4. The molecule has 1 atom stereocenters. The molecule has 2 rings (SSSR count). The maximum Gasteiger partial charge on any atom is 0.0180 e. The number of halogens is 1. The van der Waals surface area contributed by atoms with E-state index in [1.54, 1.807) is 0 Å². The minimum atomic E-state index is 0.114. The Bertz CT molecular complexity index is 523. The molecule has 0 radical (unpaired) electrons. The van der Waals surface area contributed by atoms with Crippen LogP contribution in [0.1, 0.15) is 45.2 Å². The Morgan fingerprint density at radius 2 is 1.84 bits per heavy atom. The van der Waals surface area contributed by atoms with Gasteiger partial charge in [0.1, 0.15) is 0 Å². The predicted molar refractivity (Wildman–Crippen MR) is 87.5 cm³/mol. The van der Waals surface area contributed by atoms with E-state index < -0.39 is 0 Å². The molecule has 0 fully saturated rings. The highest BCUT2D eigenvalue weighted by atomic mass is 79.9. The predicted octanol–water partition coefficient (Wildman–Crippen LogP) is 5.95. The average Bonchev–Trinajstić information content (AvgIpc) is 2.27. The molecule has 0 saturated carbocycles. The van der Waals surface area contributed by atoms with Gasteiger partial charge in [-0.05, 0) is 47.6 Å². The Balaban J connectivity index is 2.33. The van der Waals surface area contributed by atoms with Crippen molar-refractivity contribution in [2.24, 2.45) is 5.41 Å². The van der Waals surface area contributed by atoms with Gasteiger partial charge < -0.3 is 0 Å². The van der Waals surface area contributed by atoms with Gasteiger partial charge >= 0.3 is 0 Å². The van der Waals surface area contributed by atoms with E-state index in [0.29, 0.717) is 0 Å². The molecular weight excluding hydrogens is 296 g/mol. The van der Waals surface area contributed by atoms with Crippen molar-refractivity contribution < 1.29 is 0 Å². The van der Waals surface area contributed by atoms with Gasteiger partial charge in [-0.1, -0.05) is 67.9 Å². The Kier molecular flexibility index (Phi) is 3.79. The first-order valence-corrected chi connectivity index (χ1v) is 7.68. The Labute approximate surface area is 125 Å². The third kappa shape index (κ3) is 3.20. The number of aryl methyl sites for hydroxylation is 1. The van der Waals surface area contributed by atoms with Crippen molar-refractivity contribution in [2.75, 3.05) is 0 Å². The van der Waals surface area contributed by atoms with Crippen molar-refractivity contribution in [1.29, 1.82) is 0 Å². The largest absolute Gasteiger partial charge is 0.0796 e. The lowest BCUT2D eigenvalue weighted by molar-refractivity contribution is 0.497. The number of hydrogen-bond acceptors (Lipinski definition) is 0. The van der Waals surface area contributed by atoms with E-state index in [1.807, 2.05) is 0 Å². The van der Waals surface area contributed by atoms with Gasteiger partial charge in [-0.3, -0.25) is 0 Å². The molecule has 19 heavy (non-hydrogen) atoms. The summed E-state index contributed by atoms with van der Waals surface area (Å²) in [6, 6.07) is 6.70. The zero-order valence-electron chi connectivity index (χ0n) is 12.5. The minimum absolute atomic E-state index is 0.114. The van der Waals surface area contributed by atoms with E-state index in [4.69, 9.17) is 0 Å². The highest BCUT2D eigenvalue weighted by Gasteiger charge is 2.27. The van der Waals surface area contributed by atoms with Gasteiger partial charge in [0.25, 0.3) is 0 Å². The topological polar surface area (TPSA) is 0 Å². The van der Waals surface area contributed by atoms with E-state index >= 15 is 0 Å². The van der Waals surface area contributed by atoms with E-state index in [9.17, 15) is 0 Å². The molecule has 0 bridgehead atoms. The van der Waals surface area contributed by atoms with Gasteiger partial charge in [0.05, 0.1) is 0 Å². The third-order valence-electron chi connectivity index (χ3n) is 3.94. The van der Waals surface area contributed by atoms with E-state index in [2.05, 4.69) is 87.0 Å². The lowest BCUT2D eigenvalue weighted by atomic mass is 9.72. The zero-order valence-corrected chi connectivity index (χ0v) is 14.1. The van der Waals surface area contributed by atoms with Gasteiger partial charge in [0, 0.05) is 9.89 Å². The van der Waals surface area contributed by atoms with Crippen molar-refractivity contribution in [3.05, 3.63) is 57.6 Å². The summed E-state index contributed by atoms with van der Waals surface area (Å²) in [6.07, 6.45) is 8.15. The molecule has 1 heteroatoms. The third-order valence-corrected chi connectivity index (χ3v) is 4.40. The maximum absolute atomic E-state index is 3.61. The summed E-state index contributed by atoms with van der Waals surface area (Å²) in [5.41, 5.74) is 4.50. The second-order valence-corrected chi connectivity index (χ2v) is 7.80. The van der Waals surface area contributed by atoms with Gasteiger partial charge in [-0.15, -0.1) is 0 Å². The highest BCUT2D eigenvalue weighted by molar-refractivity contribution is 9.10. The summed E-state index contributed by atoms with van der Waals surface area (Å²) < 4.78 is 1.17. The first kappa shape index (κ1) is 14.6. The van der Waals surface area contributed by atoms with Crippen molar-refractivity contribution in [1.82, 2.24) is 0 Å². The molecule has 0 spiro atoms. The lowest BCUT2D eigenvalue weighted by Crippen LogP contribution is -2.22. The maximum atomic E-state index is 3.61. The van der Waals surface area contributed by atoms with Crippen LogP contribution in [0.4, 0.5) is 0 Å². The number of hydrogen-bond donors (Lipinski definition) is 0. The van der Waals surface area contributed by atoms with Crippen LogP contribution in [0.5, 0.6) is 0 Å². The summed E-state index contributed by atoms with van der Waals surface area (Å²) >= 11 is 3.61. The molecular formula is C18H23Br. The molecule has 1 aliphatic carbocycles. The first-order chi connectivity index (χ1) is 8.71. The Morgan fingerprint density at radius 3 is 2.32 bits per heavy atom. The molecule has 1 unspecified atom stereocenters. The SMILES string of the molecule is Cc1cc(Br)cc(C2(C)C=CC(C(C)(C)C)=CC2)c1. The molecule has 0 aromatic heterocycles. The summed E-state index contributed by atoms with van der Waals surface area (Å²) in [5.74, 6) is 0. The first-order valence-electron chi connectivity index (χ1n) is 6.88. The summed E-state index contributed by atoms with van der Waals surface area (Å²) in [7, 11) is 0. The molecule has 0 saturated heterocycles. The summed E-state index contributed by atoms with van der Waals surface area (Å²) in [5, 5.41) is 0. The molecule has 1 aromatic carbocycles. The zero-order chi connectivity index (χ0) is 14.3. The van der Waals surface area contributed by atoms with Gasteiger partial charge in [-0.2, -0.15) is 0 Å². The molecule has 0 heterocycles. The van der Waals surface area contributed by atoms with Crippen LogP contribution in [0.3, 0.4) is 0 Å². The highest BCUT2D eigenvalue weighted by Crippen LogP contribution is 2.39. The molecule has 0 amide bonds. The fourth-order valence-corrected chi connectivity index (χ4v) is 3.18. The van der Waals surface area contributed by atoms with Crippen molar-refractivity contribution in [3.63, 3.8) is 0 Å². The molecule has 0 N–H and O–H groups in total. The standard InChI is InChI=1S/C18H23Br/c1-13-10-15(12-16(19)11-13)18(5)8-6-14(7-9-18)17(2,3)4/h6-8,10-12H,9H2,1-5H3. The Morgan fingerprint density at radius 1 is 1.16 bits per heavy atom. The van der Waals surface area contributed by atoms with Crippen LogP contribution in [-0.2, 0) is 5.41 Å². The van der Waals surface area contributed by atoms with Crippen LogP contribution in [0.15, 0.2) is 46.5 Å². The number of rotatable bonds is 1. The fraction of sp³-hybridized carbons (Fsp3) is 0.444. The van der Waals surface area contributed by atoms with Crippen LogP contribution in [-0.4, -0.2) is 0 Å². The van der Waals surface area contributed by atoms with Crippen LogP contribution in [0.25, 0.3) is 0 Å². The second-order valence-electron chi connectivity index (χ2n) is 6.88. The summed E-state index contributed by atoms with van der Waals surface area (Å²) in [6.45, 7) is 11.3. The smallest absolute Gasteiger partial charge is 0.0180 e. The van der Waals surface area contributed by atoms with Crippen molar-refractivity contribution in [3.8, 4) is 0 Å². The molecule has 0 aliphatic heterocycles. The average molecular weight is 319 g/mol. The number of benzene rings is 1. The monoisotopic (exact) mass is 318 g/mol. The summed E-state index contributed by atoms with van der Waals surface area (Å²) in [4.78, 5) is 0. The van der Waals surface area contributed by atoms with Crippen LogP contribution >= 0.6 is 15.9 Å². The van der Waals surface area contributed by atoms with E-state index in [-0.39, 0.29) is 10.8 Å². The van der Waals surface area contributed by atoms with Gasteiger partial charge in [0.15, 0.2) is 0 Å². The van der Waals surface area contributed by atoms with Crippen molar-refractivity contribution >= 4 is 15.9 Å². The number of allylic oxidation sites excluding steroid dienone is 4. The molecule has 1 aliphatic rings. The van der Waals surface area contributed by atoms with Crippen LogP contribution in [0.2, 0.25) is 0 Å². The quantitative estimate of drug-likeness (QED) is 0.600. The van der Waals surface area contributed by atoms with Gasteiger partial charge in [-0.25, -0.2) is 0 Å². The Hall–Kier alpha value is -0.820. The molecule has 1 aromatic rings. The van der Waals surface area contributed by atoms with E-state index in [1.165, 1.54) is 21.2 Å². The van der Waals surface area contributed by atoms with Crippen LogP contribution < -0.4 is 0 Å². The molecule has 0 nitrogen and oxygen atoms in total. The fourth-order valence-electron chi connectivity index (χ4n) is 2.57. The van der Waals surface area contributed by atoms with Gasteiger partial charge in [0.2, 0.25) is 0 Å².